The van der Waals surface area contributed by atoms with Gasteiger partial charge in [0.1, 0.15) is 5.75 Å². The molecule has 1 aromatic heterocycles. The lowest BCUT2D eigenvalue weighted by Gasteiger charge is -2.30. The average Bonchev–Trinajstić information content (AvgIpc) is 3.29. The van der Waals surface area contributed by atoms with Crippen LogP contribution in [0.4, 0.5) is 0 Å². The molecule has 0 spiro atoms. The molecular formula is C24H29N3O5S. The number of ether oxygens (including phenoxy) is 2. The van der Waals surface area contributed by atoms with Crippen molar-refractivity contribution < 1.29 is 24.2 Å². The van der Waals surface area contributed by atoms with E-state index in [1.165, 1.54) is 11.3 Å². The molecule has 4 rings (SSSR count). The maximum absolute atomic E-state index is 13.6. The van der Waals surface area contributed by atoms with E-state index in [4.69, 9.17) is 9.47 Å². The fraction of sp³-hybridized carbons (Fsp3) is 0.458. The SMILES string of the molecule is COc1ccccc1C1C(C(=O)c2sc(C)nc2C)=C(O)C(=O)N1CCCN1CCOCC1. The predicted octanol–water partition coefficient (Wildman–Crippen LogP) is 3.07. The number of hydrogen-bond donors (Lipinski definition) is 1. The van der Waals surface area contributed by atoms with Crippen molar-refractivity contribution in [1.82, 2.24) is 14.8 Å². The quantitative estimate of drug-likeness (QED) is 0.592. The van der Waals surface area contributed by atoms with Crippen LogP contribution in [0, 0.1) is 13.8 Å². The van der Waals surface area contributed by atoms with Crippen LogP contribution in [-0.4, -0.2) is 78.1 Å². The molecule has 176 valence electrons. The first-order chi connectivity index (χ1) is 15.9. The van der Waals surface area contributed by atoms with Gasteiger partial charge >= 0.3 is 0 Å². The summed E-state index contributed by atoms with van der Waals surface area (Å²) in [5, 5.41) is 11.6. The topological polar surface area (TPSA) is 92.2 Å². The molecule has 0 aliphatic carbocycles. The van der Waals surface area contributed by atoms with Crippen LogP contribution in [-0.2, 0) is 9.53 Å². The number of aryl methyl sites for hydroxylation is 2. The van der Waals surface area contributed by atoms with Crippen LogP contribution in [0.3, 0.4) is 0 Å². The highest BCUT2D eigenvalue weighted by atomic mass is 32.1. The number of para-hydroxylation sites is 1. The fourth-order valence-electron chi connectivity index (χ4n) is 4.49. The number of morpholine rings is 1. The number of amides is 1. The Labute approximate surface area is 197 Å². The Morgan fingerprint density at radius 3 is 2.64 bits per heavy atom. The zero-order chi connectivity index (χ0) is 23.5. The third-order valence-electron chi connectivity index (χ3n) is 6.07. The lowest BCUT2D eigenvalue weighted by molar-refractivity contribution is -0.129. The van der Waals surface area contributed by atoms with Gasteiger partial charge in [-0.2, -0.15) is 0 Å². The minimum atomic E-state index is -0.729. The summed E-state index contributed by atoms with van der Waals surface area (Å²) in [6, 6.07) is 6.58. The molecule has 33 heavy (non-hydrogen) atoms. The third kappa shape index (κ3) is 4.66. The first-order valence-electron chi connectivity index (χ1n) is 11.1. The van der Waals surface area contributed by atoms with Crippen molar-refractivity contribution in [3.05, 3.63) is 56.7 Å². The molecule has 1 aromatic carbocycles. The van der Waals surface area contributed by atoms with Crippen LogP contribution in [0.15, 0.2) is 35.6 Å². The number of nitrogens with zero attached hydrogens (tertiary/aromatic N) is 3. The van der Waals surface area contributed by atoms with E-state index in [9.17, 15) is 14.7 Å². The Hall–Kier alpha value is -2.75. The second-order valence-corrected chi connectivity index (χ2v) is 9.39. The molecule has 0 bridgehead atoms. The van der Waals surface area contributed by atoms with Gasteiger partial charge in [-0.05, 0) is 26.3 Å². The molecule has 1 saturated heterocycles. The number of aromatic nitrogens is 1. The molecule has 8 nitrogen and oxygen atoms in total. The number of hydrogen-bond acceptors (Lipinski definition) is 8. The van der Waals surface area contributed by atoms with Gasteiger partial charge in [-0.1, -0.05) is 18.2 Å². The van der Waals surface area contributed by atoms with Crippen molar-refractivity contribution in [2.75, 3.05) is 46.5 Å². The summed E-state index contributed by atoms with van der Waals surface area (Å²) >= 11 is 1.27. The van der Waals surface area contributed by atoms with E-state index < -0.39 is 17.7 Å². The molecule has 2 aliphatic rings. The van der Waals surface area contributed by atoms with E-state index in [0.29, 0.717) is 48.1 Å². The van der Waals surface area contributed by atoms with Gasteiger partial charge in [-0.3, -0.25) is 14.5 Å². The third-order valence-corrected chi connectivity index (χ3v) is 7.14. The number of aliphatic hydroxyl groups is 1. The number of ketones is 1. The van der Waals surface area contributed by atoms with Gasteiger partial charge in [-0.15, -0.1) is 11.3 Å². The van der Waals surface area contributed by atoms with Gasteiger partial charge in [0.2, 0.25) is 5.78 Å². The van der Waals surface area contributed by atoms with Crippen molar-refractivity contribution >= 4 is 23.0 Å². The first kappa shape index (κ1) is 23.4. The summed E-state index contributed by atoms with van der Waals surface area (Å²) in [5.41, 5.74) is 1.36. The summed E-state index contributed by atoms with van der Waals surface area (Å²) in [6.07, 6.45) is 0.713. The number of thiazole rings is 1. The van der Waals surface area contributed by atoms with Gasteiger partial charge in [0.15, 0.2) is 5.76 Å². The molecule has 9 heteroatoms. The predicted molar refractivity (Wildman–Crippen MR) is 125 cm³/mol. The van der Waals surface area contributed by atoms with Crippen LogP contribution in [0.5, 0.6) is 5.75 Å². The maximum atomic E-state index is 13.6. The van der Waals surface area contributed by atoms with E-state index in [-0.39, 0.29) is 11.4 Å². The Bertz CT molecular complexity index is 1070. The lowest BCUT2D eigenvalue weighted by Crippen LogP contribution is -2.39. The highest BCUT2D eigenvalue weighted by Gasteiger charge is 2.45. The Morgan fingerprint density at radius 2 is 1.97 bits per heavy atom. The minimum absolute atomic E-state index is 0.0858. The number of benzene rings is 1. The Kier molecular flexibility index (Phi) is 7.11. The molecule has 1 N–H and O–H groups in total. The molecule has 1 fully saturated rings. The summed E-state index contributed by atoms with van der Waals surface area (Å²) in [5.74, 6) is -0.830. The van der Waals surface area contributed by atoms with E-state index in [1.807, 2.05) is 25.1 Å². The second kappa shape index (κ2) is 10.0. The highest BCUT2D eigenvalue weighted by Crippen LogP contribution is 2.43. The molecule has 3 heterocycles. The van der Waals surface area contributed by atoms with Crippen LogP contribution in [0.25, 0.3) is 0 Å². The summed E-state index contributed by atoms with van der Waals surface area (Å²) in [7, 11) is 1.56. The molecular weight excluding hydrogens is 442 g/mol. The normalized spacial score (nSPS) is 19.4. The average molecular weight is 472 g/mol. The van der Waals surface area contributed by atoms with Crippen molar-refractivity contribution in [1.29, 1.82) is 0 Å². The Balaban J connectivity index is 1.67. The molecule has 2 aromatic rings. The van der Waals surface area contributed by atoms with Crippen molar-refractivity contribution in [3.63, 3.8) is 0 Å². The number of methoxy groups -OCH3 is 1. The number of carbonyl (C=O) groups is 2. The van der Waals surface area contributed by atoms with Gasteiger partial charge in [-0.25, -0.2) is 4.98 Å². The number of carbonyl (C=O) groups excluding carboxylic acids is 2. The van der Waals surface area contributed by atoms with Gasteiger partial charge in [0.25, 0.3) is 5.91 Å². The number of aliphatic hydroxyl groups excluding tert-OH is 1. The molecule has 1 atom stereocenters. The van der Waals surface area contributed by atoms with E-state index in [0.717, 1.165) is 24.6 Å². The van der Waals surface area contributed by atoms with E-state index in [1.54, 1.807) is 25.0 Å². The Morgan fingerprint density at radius 1 is 1.24 bits per heavy atom. The smallest absolute Gasteiger partial charge is 0.290 e. The van der Waals surface area contributed by atoms with Gasteiger partial charge in [0, 0.05) is 31.7 Å². The summed E-state index contributed by atoms with van der Waals surface area (Å²) < 4.78 is 11.0. The number of Topliss-reactive ketones (excluding diaryl/α,β-unsaturated/α-hetero) is 1. The zero-order valence-corrected chi connectivity index (χ0v) is 20.0. The molecule has 1 unspecified atom stereocenters. The fourth-order valence-corrected chi connectivity index (χ4v) is 5.36. The molecule has 0 radical (unpaired) electrons. The minimum Gasteiger partial charge on any atom is -0.503 e. The van der Waals surface area contributed by atoms with Crippen LogP contribution in [0.2, 0.25) is 0 Å². The highest BCUT2D eigenvalue weighted by molar-refractivity contribution is 7.14. The standard InChI is InChI=1S/C24H29N3O5S/c1-15-23(33-16(2)25-15)21(28)19-20(17-7-4-5-8-18(17)31-3)27(24(30)22(19)29)10-6-9-26-11-13-32-14-12-26/h4-5,7-8,20,29H,6,9-14H2,1-3H3. The monoisotopic (exact) mass is 471 g/mol. The van der Waals surface area contributed by atoms with Crippen molar-refractivity contribution in [3.8, 4) is 5.75 Å². The van der Waals surface area contributed by atoms with E-state index >= 15 is 0 Å². The summed E-state index contributed by atoms with van der Waals surface area (Å²) in [4.78, 5) is 35.5. The van der Waals surface area contributed by atoms with Crippen LogP contribution in [0.1, 0.15) is 38.4 Å². The molecule has 1 amide bonds. The first-order valence-corrected chi connectivity index (χ1v) is 11.9. The van der Waals surface area contributed by atoms with Crippen molar-refractivity contribution in [2.45, 2.75) is 26.3 Å². The maximum Gasteiger partial charge on any atom is 0.290 e. The van der Waals surface area contributed by atoms with Crippen molar-refractivity contribution in [2.24, 2.45) is 0 Å². The summed E-state index contributed by atoms with van der Waals surface area (Å²) in [6.45, 7) is 7.95. The lowest BCUT2D eigenvalue weighted by atomic mass is 9.94. The van der Waals surface area contributed by atoms with Gasteiger partial charge in [0.05, 0.1) is 47.5 Å². The zero-order valence-electron chi connectivity index (χ0n) is 19.2. The molecule has 0 saturated carbocycles. The van der Waals surface area contributed by atoms with Gasteiger partial charge < -0.3 is 19.5 Å². The largest absolute Gasteiger partial charge is 0.503 e. The number of rotatable bonds is 8. The van der Waals surface area contributed by atoms with Crippen LogP contribution >= 0.6 is 11.3 Å². The molecule has 2 aliphatic heterocycles. The second-order valence-electron chi connectivity index (χ2n) is 8.19. The van der Waals surface area contributed by atoms with Crippen LogP contribution < -0.4 is 4.74 Å². The van der Waals surface area contributed by atoms with E-state index in [2.05, 4.69) is 9.88 Å².